The van der Waals surface area contributed by atoms with Crippen LogP contribution in [0.5, 0.6) is 0 Å². The van der Waals surface area contributed by atoms with E-state index in [1.54, 1.807) is 51.1 Å². The first kappa shape index (κ1) is 38.7. The third kappa shape index (κ3) is 9.27. The van der Waals surface area contributed by atoms with Gasteiger partial charge in [0.25, 0.3) is 11.1 Å². The van der Waals surface area contributed by atoms with Crippen molar-refractivity contribution >= 4 is 62.7 Å². The zero-order valence-corrected chi connectivity index (χ0v) is 31.8. The van der Waals surface area contributed by atoms with Crippen molar-refractivity contribution in [2.24, 2.45) is 7.05 Å². The van der Waals surface area contributed by atoms with Crippen LogP contribution in [0.2, 0.25) is 0 Å². The van der Waals surface area contributed by atoms with E-state index in [-0.39, 0.29) is 79.3 Å². The number of rotatable bonds is 14. The van der Waals surface area contributed by atoms with Gasteiger partial charge >= 0.3 is 11.8 Å². The second-order valence-electron chi connectivity index (χ2n) is 13.3. The fraction of sp³-hybridized carbons (Fsp3) is 0.417. The molecule has 14 nitrogen and oxygen atoms in total. The van der Waals surface area contributed by atoms with Gasteiger partial charge in [-0.3, -0.25) is 28.1 Å². The van der Waals surface area contributed by atoms with E-state index in [1.807, 2.05) is 22.6 Å². The maximum atomic E-state index is 15.0. The van der Waals surface area contributed by atoms with Crippen molar-refractivity contribution in [3.05, 3.63) is 88.6 Å². The molecule has 2 aromatic heterocycles. The van der Waals surface area contributed by atoms with E-state index in [4.69, 9.17) is 14.2 Å². The molecule has 1 fully saturated rings. The van der Waals surface area contributed by atoms with Crippen molar-refractivity contribution in [1.82, 2.24) is 19.0 Å². The second-order valence-corrected chi connectivity index (χ2v) is 14.6. The molecule has 5 rings (SSSR count). The lowest BCUT2D eigenvalue weighted by atomic mass is 10.1. The van der Waals surface area contributed by atoms with Crippen molar-refractivity contribution in [3.63, 3.8) is 0 Å². The van der Waals surface area contributed by atoms with Crippen molar-refractivity contribution in [2.45, 2.75) is 58.6 Å². The molecule has 0 atom stereocenters. The van der Waals surface area contributed by atoms with Crippen LogP contribution in [-0.2, 0) is 26.1 Å². The number of ether oxygens (including phenoxy) is 3. The van der Waals surface area contributed by atoms with Crippen molar-refractivity contribution in [1.29, 1.82) is 0 Å². The van der Waals surface area contributed by atoms with Gasteiger partial charge < -0.3 is 30.2 Å². The number of nitrogens with zero attached hydrogens (tertiary/aromatic N) is 3. The Hall–Kier alpha value is -4.55. The maximum absolute atomic E-state index is 15.0. The maximum Gasteiger partial charge on any atom is 0.407 e. The van der Waals surface area contributed by atoms with E-state index in [9.17, 15) is 24.0 Å². The average molecular weight is 833 g/mol. The first-order chi connectivity index (χ1) is 24.7. The number of hydrogen-bond donors (Lipinski definition) is 3. The van der Waals surface area contributed by atoms with Gasteiger partial charge in [-0.25, -0.2) is 14.0 Å². The predicted molar refractivity (Wildman–Crippen MR) is 204 cm³/mol. The second kappa shape index (κ2) is 16.4. The molecule has 1 saturated carbocycles. The average Bonchev–Trinajstić information content (AvgIpc) is 3.90. The Morgan fingerprint density at radius 3 is 2.37 bits per heavy atom. The molecule has 4 aromatic rings. The molecule has 2 heterocycles. The number of amides is 2. The molecule has 0 spiro atoms. The number of nitrogens with one attached hydrogen (secondary N) is 3. The van der Waals surface area contributed by atoms with E-state index in [1.165, 1.54) is 39.8 Å². The lowest BCUT2D eigenvalue weighted by Gasteiger charge is -2.21. The topological polar surface area (TPSA) is 164 Å². The van der Waals surface area contributed by atoms with Gasteiger partial charge in [0.1, 0.15) is 22.6 Å². The molecular weight excluding hydrogens is 790 g/mol. The lowest BCUT2D eigenvalue weighted by molar-refractivity contribution is -0.117. The van der Waals surface area contributed by atoms with Crippen molar-refractivity contribution < 1.29 is 28.2 Å². The molecule has 0 aliphatic heterocycles. The van der Waals surface area contributed by atoms with Gasteiger partial charge in [0, 0.05) is 34.5 Å². The Morgan fingerprint density at radius 2 is 1.69 bits per heavy atom. The van der Waals surface area contributed by atoms with E-state index >= 15 is 4.39 Å². The number of fused-ring (bicyclic) bond motifs is 1. The van der Waals surface area contributed by atoms with Gasteiger partial charge in [-0.1, -0.05) is 6.07 Å². The van der Waals surface area contributed by atoms with E-state index in [0.717, 1.165) is 0 Å². The Labute approximate surface area is 312 Å². The van der Waals surface area contributed by atoms with Crippen LogP contribution in [0.25, 0.3) is 16.6 Å². The third-order valence-electron chi connectivity index (χ3n) is 8.09. The molecule has 2 aromatic carbocycles. The third-order valence-corrected chi connectivity index (χ3v) is 8.76. The molecule has 0 radical (unpaired) electrons. The summed E-state index contributed by atoms with van der Waals surface area (Å²) in [6.07, 6.45) is 0.787. The standard InChI is InChI=1S/C36H42FIN6O8/c1-21-30-29(31(42(5)32(21)46)41-27-12-9-22(38)19-26(27)37)33(47)44(24-10-11-24)35(49)43(30)25-8-6-7-23(20-25)40-28(45)13-15-50-17-18-51-16-14-39-34(48)52-36(2,3)4/h6-9,12,19-20,24,41H,10-11,13-18H2,1-5H3,(H,39,48)(H,40,45). The van der Waals surface area contributed by atoms with Gasteiger partial charge in [0.2, 0.25) is 5.91 Å². The number of benzene rings is 2. The van der Waals surface area contributed by atoms with Crippen LogP contribution in [0.1, 0.15) is 51.6 Å². The van der Waals surface area contributed by atoms with Crippen LogP contribution >= 0.6 is 22.6 Å². The van der Waals surface area contributed by atoms with E-state index < -0.39 is 34.3 Å². The minimum atomic E-state index is -0.623. The Kier molecular flexibility index (Phi) is 12.2. The summed E-state index contributed by atoms with van der Waals surface area (Å²) in [6.45, 7) is 8.06. The van der Waals surface area contributed by atoms with Gasteiger partial charge in [-0.05, 0) is 99.5 Å². The summed E-state index contributed by atoms with van der Waals surface area (Å²) < 4.78 is 35.5. The molecule has 1 aliphatic rings. The zero-order chi connectivity index (χ0) is 37.7. The molecule has 278 valence electrons. The summed E-state index contributed by atoms with van der Waals surface area (Å²) in [6, 6.07) is 10.8. The van der Waals surface area contributed by atoms with Gasteiger partial charge in [-0.15, -0.1) is 0 Å². The molecule has 16 heteroatoms. The SMILES string of the molecule is Cc1c(=O)n(C)c(Nc2ccc(I)cc2F)c2c(=O)n(C3CC3)c(=O)n(-c3cccc(NC(=O)CCOCCOCCNC(=O)OC(C)(C)C)c3)c12. The smallest absolute Gasteiger partial charge is 0.407 e. The fourth-order valence-corrected chi connectivity index (χ4v) is 6.00. The number of anilines is 3. The minimum Gasteiger partial charge on any atom is -0.444 e. The number of hydrogen-bond acceptors (Lipinski definition) is 9. The van der Waals surface area contributed by atoms with Crippen LogP contribution in [0.15, 0.2) is 56.8 Å². The lowest BCUT2D eigenvalue weighted by Crippen LogP contribution is -2.41. The number of aromatic nitrogens is 3. The molecule has 0 saturated heterocycles. The van der Waals surface area contributed by atoms with Crippen molar-refractivity contribution in [2.75, 3.05) is 43.6 Å². The highest BCUT2D eigenvalue weighted by molar-refractivity contribution is 14.1. The zero-order valence-electron chi connectivity index (χ0n) is 29.6. The molecule has 0 bridgehead atoms. The molecule has 2 amide bonds. The highest BCUT2D eigenvalue weighted by atomic mass is 127. The number of alkyl carbamates (subject to hydrolysis) is 1. The van der Waals surface area contributed by atoms with Crippen LogP contribution in [0, 0.1) is 16.3 Å². The molecule has 1 aliphatic carbocycles. The van der Waals surface area contributed by atoms with E-state index in [2.05, 4.69) is 16.0 Å². The quantitative estimate of drug-likeness (QED) is 0.119. The Balaban J connectivity index is 1.32. The van der Waals surface area contributed by atoms with Crippen LogP contribution in [-0.4, -0.2) is 64.3 Å². The summed E-state index contributed by atoms with van der Waals surface area (Å²) >= 11 is 1.99. The van der Waals surface area contributed by atoms with Crippen LogP contribution in [0.4, 0.5) is 26.4 Å². The Morgan fingerprint density at radius 1 is 0.981 bits per heavy atom. The first-order valence-corrected chi connectivity index (χ1v) is 17.9. The number of halogens is 2. The van der Waals surface area contributed by atoms with E-state index in [0.29, 0.717) is 27.8 Å². The Bertz CT molecular complexity index is 2170. The van der Waals surface area contributed by atoms with Crippen molar-refractivity contribution in [3.8, 4) is 5.69 Å². The molecular formula is C36H42FIN6O8. The number of carbonyl (C=O) groups excluding carboxylic acids is 2. The predicted octanol–water partition coefficient (Wildman–Crippen LogP) is 4.87. The highest BCUT2D eigenvalue weighted by Crippen LogP contribution is 2.34. The minimum absolute atomic E-state index is 0.0408. The summed E-state index contributed by atoms with van der Waals surface area (Å²) in [4.78, 5) is 66.2. The molecule has 52 heavy (non-hydrogen) atoms. The number of pyridine rings is 1. The normalized spacial score (nSPS) is 12.9. The molecule has 3 N–H and O–H groups in total. The first-order valence-electron chi connectivity index (χ1n) is 16.8. The fourth-order valence-electron chi connectivity index (χ4n) is 5.55. The summed E-state index contributed by atoms with van der Waals surface area (Å²) in [7, 11) is 1.48. The summed E-state index contributed by atoms with van der Waals surface area (Å²) in [5, 5.41) is 8.41. The van der Waals surface area contributed by atoms with Gasteiger partial charge in [0.15, 0.2) is 0 Å². The van der Waals surface area contributed by atoms with Crippen LogP contribution < -0.4 is 32.8 Å². The monoisotopic (exact) mass is 832 g/mol. The number of carbonyl (C=O) groups is 2. The number of aryl methyl sites for hydroxylation is 1. The van der Waals surface area contributed by atoms with Gasteiger partial charge in [-0.2, -0.15) is 0 Å². The highest BCUT2D eigenvalue weighted by Gasteiger charge is 2.31. The van der Waals surface area contributed by atoms with Gasteiger partial charge in [0.05, 0.1) is 49.7 Å². The van der Waals surface area contributed by atoms with Crippen LogP contribution in [0.3, 0.4) is 0 Å². The molecule has 0 unspecified atom stereocenters. The summed E-state index contributed by atoms with van der Waals surface area (Å²) in [5.74, 6) is -0.863. The largest absolute Gasteiger partial charge is 0.444 e. The summed E-state index contributed by atoms with van der Waals surface area (Å²) in [5.41, 5.74) is -1.27.